The Balaban J connectivity index is 2.66. The molecule has 3 nitrogen and oxygen atoms in total. The first kappa shape index (κ1) is 15.5. The van der Waals surface area contributed by atoms with Gasteiger partial charge in [-0.15, -0.1) is 0 Å². The van der Waals surface area contributed by atoms with E-state index in [4.69, 9.17) is 0 Å². The highest BCUT2D eigenvalue weighted by Gasteiger charge is 2.21. The molecule has 1 rings (SSSR count). The number of hydrogen-bond acceptors (Lipinski definition) is 3. The number of halogens is 2. The summed E-state index contributed by atoms with van der Waals surface area (Å²) in [5.74, 6) is -0.622. The summed E-state index contributed by atoms with van der Waals surface area (Å²) in [6, 6.07) is 4.23. The van der Waals surface area contributed by atoms with Crippen molar-refractivity contribution < 1.29 is 14.3 Å². The zero-order valence-electron chi connectivity index (χ0n) is 10.2. The third-order valence-electron chi connectivity index (χ3n) is 2.26. The van der Waals surface area contributed by atoms with Gasteiger partial charge in [0, 0.05) is 16.8 Å². The van der Waals surface area contributed by atoms with Gasteiger partial charge in [0.05, 0.1) is 11.2 Å². The summed E-state index contributed by atoms with van der Waals surface area (Å²) in [6.45, 7) is 1.71. The Bertz CT molecular complexity index is 440. The van der Waals surface area contributed by atoms with Crippen LogP contribution in [-0.2, 0) is 0 Å². The smallest absolute Gasteiger partial charge is 0.254 e. The minimum atomic E-state index is -0.999. The van der Waals surface area contributed by atoms with Crippen molar-refractivity contribution in [1.82, 2.24) is 5.32 Å². The molecule has 1 aromatic rings. The van der Waals surface area contributed by atoms with E-state index in [1.165, 1.54) is 23.9 Å². The molecule has 0 unspecified atom stereocenters. The van der Waals surface area contributed by atoms with E-state index in [1.807, 2.05) is 6.26 Å². The highest BCUT2D eigenvalue weighted by molar-refractivity contribution is 9.10. The van der Waals surface area contributed by atoms with E-state index in [-0.39, 0.29) is 12.1 Å². The van der Waals surface area contributed by atoms with Crippen LogP contribution in [0.5, 0.6) is 0 Å². The van der Waals surface area contributed by atoms with Gasteiger partial charge in [-0.3, -0.25) is 4.79 Å². The molecule has 6 heteroatoms. The van der Waals surface area contributed by atoms with Crippen molar-refractivity contribution in [3.8, 4) is 0 Å². The summed E-state index contributed by atoms with van der Waals surface area (Å²) in [4.78, 5) is 11.7. The topological polar surface area (TPSA) is 49.3 Å². The molecule has 0 radical (unpaired) electrons. The van der Waals surface area contributed by atoms with E-state index >= 15 is 0 Å². The van der Waals surface area contributed by atoms with Crippen molar-refractivity contribution in [1.29, 1.82) is 0 Å². The van der Waals surface area contributed by atoms with Crippen LogP contribution in [0.15, 0.2) is 22.7 Å². The molecule has 0 bridgehead atoms. The maximum Gasteiger partial charge on any atom is 0.254 e. The second-order valence-electron chi connectivity index (χ2n) is 4.24. The number of rotatable bonds is 5. The predicted octanol–water partition coefficient (Wildman–Crippen LogP) is 2.43. The molecule has 0 fully saturated rings. The summed E-state index contributed by atoms with van der Waals surface area (Å²) in [5, 5.41) is 12.4. The lowest BCUT2D eigenvalue weighted by molar-refractivity contribution is 0.0722. The van der Waals surface area contributed by atoms with Crippen LogP contribution in [0.1, 0.15) is 17.3 Å². The van der Waals surface area contributed by atoms with Crippen molar-refractivity contribution in [3.05, 3.63) is 34.1 Å². The molecule has 2 N–H and O–H groups in total. The number of aliphatic hydroxyl groups is 1. The van der Waals surface area contributed by atoms with Crippen molar-refractivity contribution >= 4 is 33.6 Å². The van der Waals surface area contributed by atoms with E-state index in [0.29, 0.717) is 10.2 Å². The van der Waals surface area contributed by atoms with Crippen molar-refractivity contribution in [2.75, 3.05) is 18.6 Å². The van der Waals surface area contributed by atoms with Gasteiger partial charge in [-0.25, -0.2) is 4.39 Å². The lowest BCUT2D eigenvalue weighted by atomic mass is 10.1. The summed E-state index contributed by atoms with van der Waals surface area (Å²) < 4.78 is 14.1. The third-order valence-corrected chi connectivity index (χ3v) is 3.66. The van der Waals surface area contributed by atoms with E-state index in [1.54, 1.807) is 13.0 Å². The highest BCUT2D eigenvalue weighted by Crippen LogP contribution is 2.15. The molecule has 0 heterocycles. The number of amides is 1. The fourth-order valence-electron chi connectivity index (χ4n) is 1.40. The van der Waals surface area contributed by atoms with Crippen molar-refractivity contribution in [2.24, 2.45) is 0 Å². The van der Waals surface area contributed by atoms with Gasteiger partial charge >= 0.3 is 0 Å². The summed E-state index contributed by atoms with van der Waals surface area (Å²) >= 11 is 4.60. The number of benzene rings is 1. The average Bonchev–Trinajstić information content (AvgIpc) is 2.26. The van der Waals surface area contributed by atoms with E-state index in [2.05, 4.69) is 21.2 Å². The Labute approximate surface area is 118 Å². The number of nitrogens with one attached hydrogen (secondary N) is 1. The fourth-order valence-corrected chi connectivity index (χ4v) is 2.46. The van der Waals surface area contributed by atoms with Crippen LogP contribution in [0.3, 0.4) is 0 Å². The molecule has 0 saturated carbocycles. The van der Waals surface area contributed by atoms with Gasteiger partial charge < -0.3 is 10.4 Å². The fraction of sp³-hybridized carbons (Fsp3) is 0.417. The van der Waals surface area contributed by atoms with Crippen LogP contribution in [0.4, 0.5) is 4.39 Å². The first-order chi connectivity index (χ1) is 8.35. The number of thioether (sulfide) groups is 1. The monoisotopic (exact) mass is 335 g/mol. The Morgan fingerprint density at radius 3 is 2.83 bits per heavy atom. The largest absolute Gasteiger partial charge is 0.387 e. The first-order valence-electron chi connectivity index (χ1n) is 5.30. The molecule has 100 valence electrons. The SMILES string of the molecule is CSC[C@@](C)(O)CNC(=O)c1ccc(Br)cc1F. The molecule has 0 aromatic heterocycles. The molecule has 0 spiro atoms. The Morgan fingerprint density at radius 1 is 1.61 bits per heavy atom. The molecule has 1 amide bonds. The lowest BCUT2D eigenvalue weighted by Crippen LogP contribution is -2.42. The molecule has 0 saturated heterocycles. The normalized spacial score (nSPS) is 14.1. The van der Waals surface area contributed by atoms with Gasteiger partial charge in [-0.05, 0) is 31.4 Å². The summed E-state index contributed by atoms with van der Waals surface area (Å²) in [7, 11) is 0. The second kappa shape index (κ2) is 6.54. The second-order valence-corrected chi connectivity index (χ2v) is 6.02. The Kier molecular flexibility index (Phi) is 5.62. The Hall–Kier alpha value is -0.590. The van der Waals surface area contributed by atoms with Crippen LogP contribution in [0, 0.1) is 5.82 Å². The van der Waals surface area contributed by atoms with Gasteiger partial charge in [0.25, 0.3) is 5.91 Å². The maximum atomic E-state index is 13.5. The number of carbonyl (C=O) groups is 1. The average molecular weight is 336 g/mol. The number of carbonyl (C=O) groups excluding carboxylic acids is 1. The third kappa shape index (κ3) is 4.59. The van der Waals surface area contributed by atoms with Crippen molar-refractivity contribution in [2.45, 2.75) is 12.5 Å². The molecule has 0 aliphatic carbocycles. The van der Waals surface area contributed by atoms with Gasteiger partial charge in [-0.2, -0.15) is 11.8 Å². The van der Waals surface area contributed by atoms with Crippen LogP contribution >= 0.6 is 27.7 Å². The van der Waals surface area contributed by atoms with Gasteiger partial charge in [-0.1, -0.05) is 15.9 Å². The van der Waals surface area contributed by atoms with Gasteiger partial charge in [0.2, 0.25) is 0 Å². The first-order valence-corrected chi connectivity index (χ1v) is 7.49. The zero-order valence-corrected chi connectivity index (χ0v) is 12.6. The van der Waals surface area contributed by atoms with E-state index in [0.717, 1.165) is 0 Å². The minimum absolute atomic E-state index is 0.0295. The van der Waals surface area contributed by atoms with Gasteiger partial charge in [0.15, 0.2) is 0 Å². The lowest BCUT2D eigenvalue weighted by Gasteiger charge is -2.22. The predicted molar refractivity (Wildman–Crippen MR) is 75.4 cm³/mol. The molecule has 1 atom stereocenters. The number of hydrogen-bond donors (Lipinski definition) is 2. The minimum Gasteiger partial charge on any atom is -0.387 e. The van der Waals surface area contributed by atoms with E-state index in [9.17, 15) is 14.3 Å². The zero-order chi connectivity index (χ0) is 13.8. The molecule has 18 heavy (non-hydrogen) atoms. The van der Waals surface area contributed by atoms with Crippen LogP contribution in [-0.4, -0.2) is 35.2 Å². The van der Waals surface area contributed by atoms with E-state index < -0.39 is 17.3 Å². The quantitative estimate of drug-likeness (QED) is 0.868. The molecular weight excluding hydrogens is 321 g/mol. The standard InChI is InChI=1S/C12H15BrFNO2S/c1-12(17,7-18-2)6-15-11(16)9-4-3-8(13)5-10(9)14/h3-5,17H,6-7H2,1-2H3,(H,15,16)/t12-/m0/s1. The molecular formula is C12H15BrFNO2S. The van der Waals surface area contributed by atoms with Crippen LogP contribution < -0.4 is 5.32 Å². The summed E-state index contributed by atoms with van der Waals surface area (Å²) in [6.07, 6.45) is 1.87. The Morgan fingerprint density at radius 2 is 2.28 bits per heavy atom. The van der Waals surface area contributed by atoms with Crippen LogP contribution in [0.25, 0.3) is 0 Å². The highest BCUT2D eigenvalue weighted by atomic mass is 79.9. The molecule has 0 aliphatic heterocycles. The molecule has 0 aliphatic rings. The van der Waals surface area contributed by atoms with Gasteiger partial charge in [0.1, 0.15) is 5.82 Å². The maximum absolute atomic E-state index is 13.5. The molecule has 1 aromatic carbocycles. The summed E-state index contributed by atoms with van der Waals surface area (Å²) in [5.41, 5.74) is -1.03. The van der Waals surface area contributed by atoms with Crippen molar-refractivity contribution in [3.63, 3.8) is 0 Å². The van der Waals surface area contributed by atoms with Crippen LogP contribution in [0.2, 0.25) is 0 Å².